The lowest BCUT2D eigenvalue weighted by Gasteiger charge is -2.04. The molecule has 0 fully saturated rings. The fourth-order valence-electron chi connectivity index (χ4n) is 1.58. The zero-order chi connectivity index (χ0) is 10.3. The standard InChI is InChI=1S/C10H12BrN3/c1-6(12)7-4-3-5-8-9(7)13-14(2)10(8)11/h3-6H,12H2,1-2H3. The van der Waals surface area contributed by atoms with Crippen LogP contribution < -0.4 is 5.73 Å². The van der Waals surface area contributed by atoms with E-state index in [2.05, 4.69) is 21.0 Å². The molecular formula is C10H12BrN3. The third-order valence-electron chi connectivity index (χ3n) is 2.31. The fourth-order valence-corrected chi connectivity index (χ4v) is 1.97. The lowest BCUT2D eigenvalue weighted by Crippen LogP contribution is -2.05. The number of aromatic nitrogens is 2. The van der Waals surface area contributed by atoms with Crippen LogP contribution in [0.15, 0.2) is 22.8 Å². The summed E-state index contributed by atoms with van der Waals surface area (Å²) in [4.78, 5) is 0. The maximum absolute atomic E-state index is 5.87. The zero-order valence-corrected chi connectivity index (χ0v) is 9.75. The van der Waals surface area contributed by atoms with Gasteiger partial charge in [0.15, 0.2) is 0 Å². The minimum atomic E-state index is 0.0144. The highest BCUT2D eigenvalue weighted by Crippen LogP contribution is 2.27. The first kappa shape index (κ1) is 9.68. The second-order valence-electron chi connectivity index (χ2n) is 3.45. The van der Waals surface area contributed by atoms with Gasteiger partial charge in [0.2, 0.25) is 0 Å². The lowest BCUT2D eigenvalue weighted by molar-refractivity contribution is 0.754. The van der Waals surface area contributed by atoms with Gasteiger partial charge in [0.05, 0.1) is 5.52 Å². The van der Waals surface area contributed by atoms with Crippen LogP contribution in [-0.2, 0) is 7.05 Å². The van der Waals surface area contributed by atoms with Gasteiger partial charge in [-0.15, -0.1) is 0 Å². The van der Waals surface area contributed by atoms with Crippen molar-refractivity contribution in [1.82, 2.24) is 9.78 Å². The van der Waals surface area contributed by atoms with Crippen molar-refractivity contribution in [2.75, 3.05) is 0 Å². The predicted octanol–water partition coefficient (Wildman–Crippen LogP) is 2.36. The van der Waals surface area contributed by atoms with Crippen LogP contribution in [0.2, 0.25) is 0 Å². The number of aryl methyl sites for hydroxylation is 1. The van der Waals surface area contributed by atoms with Gasteiger partial charge in [0, 0.05) is 18.5 Å². The summed E-state index contributed by atoms with van der Waals surface area (Å²) >= 11 is 3.49. The molecule has 0 aliphatic carbocycles. The van der Waals surface area contributed by atoms with Crippen molar-refractivity contribution < 1.29 is 0 Å². The van der Waals surface area contributed by atoms with Crippen LogP contribution >= 0.6 is 15.9 Å². The maximum atomic E-state index is 5.87. The summed E-state index contributed by atoms with van der Waals surface area (Å²) in [5, 5.41) is 5.54. The van der Waals surface area contributed by atoms with E-state index < -0.39 is 0 Å². The Balaban J connectivity index is 2.81. The van der Waals surface area contributed by atoms with Crippen LogP contribution in [0.25, 0.3) is 10.9 Å². The molecule has 1 aromatic heterocycles. The Bertz CT molecular complexity index is 473. The molecule has 2 aromatic rings. The summed E-state index contributed by atoms with van der Waals surface area (Å²) in [7, 11) is 1.91. The molecule has 0 aliphatic heterocycles. The molecule has 2 N–H and O–H groups in total. The van der Waals surface area contributed by atoms with Crippen molar-refractivity contribution >= 4 is 26.8 Å². The molecule has 4 heteroatoms. The van der Waals surface area contributed by atoms with Gasteiger partial charge in [-0.1, -0.05) is 18.2 Å². The van der Waals surface area contributed by atoms with E-state index in [0.717, 1.165) is 21.1 Å². The molecule has 1 unspecified atom stereocenters. The van der Waals surface area contributed by atoms with Crippen LogP contribution in [0, 0.1) is 0 Å². The summed E-state index contributed by atoms with van der Waals surface area (Å²) in [5.41, 5.74) is 7.94. The molecular weight excluding hydrogens is 242 g/mol. The molecule has 1 atom stereocenters. The lowest BCUT2D eigenvalue weighted by atomic mass is 10.1. The Kier molecular flexibility index (Phi) is 2.33. The molecule has 1 heterocycles. The largest absolute Gasteiger partial charge is 0.324 e. The van der Waals surface area contributed by atoms with Gasteiger partial charge in [-0.25, -0.2) is 0 Å². The van der Waals surface area contributed by atoms with Gasteiger partial charge in [-0.05, 0) is 28.4 Å². The summed E-state index contributed by atoms with van der Waals surface area (Å²) in [6.07, 6.45) is 0. The van der Waals surface area contributed by atoms with Gasteiger partial charge >= 0.3 is 0 Å². The van der Waals surface area contributed by atoms with Crippen molar-refractivity contribution in [3.63, 3.8) is 0 Å². The molecule has 14 heavy (non-hydrogen) atoms. The second kappa shape index (κ2) is 3.37. The second-order valence-corrected chi connectivity index (χ2v) is 4.20. The number of benzene rings is 1. The molecule has 74 valence electrons. The van der Waals surface area contributed by atoms with Gasteiger partial charge in [-0.2, -0.15) is 5.10 Å². The van der Waals surface area contributed by atoms with E-state index in [1.54, 1.807) is 0 Å². The smallest absolute Gasteiger partial charge is 0.111 e. The monoisotopic (exact) mass is 253 g/mol. The van der Waals surface area contributed by atoms with Gasteiger partial charge in [-0.3, -0.25) is 4.68 Å². The van der Waals surface area contributed by atoms with Crippen LogP contribution in [0.5, 0.6) is 0 Å². The Labute approximate surface area is 91.0 Å². The Morgan fingerprint density at radius 1 is 1.50 bits per heavy atom. The highest BCUT2D eigenvalue weighted by molar-refractivity contribution is 9.10. The normalized spacial score (nSPS) is 13.4. The number of hydrogen-bond donors (Lipinski definition) is 1. The minimum Gasteiger partial charge on any atom is -0.324 e. The van der Waals surface area contributed by atoms with E-state index in [-0.39, 0.29) is 6.04 Å². The van der Waals surface area contributed by atoms with Crippen LogP contribution in [0.1, 0.15) is 18.5 Å². The van der Waals surface area contributed by atoms with Crippen LogP contribution in [0.3, 0.4) is 0 Å². The van der Waals surface area contributed by atoms with Crippen molar-refractivity contribution in [2.24, 2.45) is 12.8 Å². The highest BCUT2D eigenvalue weighted by Gasteiger charge is 2.11. The van der Waals surface area contributed by atoms with Gasteiger partial charge in [0.25, 0.3) is 0 Å². The SMILES string of the molecule is CC(N)c1cccc2c(Br)n(C)nc12. The van der Waals surface area contributed by atoms with Crippen molar-refractivity contribution in [1.29, 1.82) is 0 Å². The van der Waals surface area contributed by atoms with Crippen LogP contribution in [0.4, 0.5) is 0 Å². The van der Waals surface area contributed by atoms with E-state index in [1.807, 2.05) is 36.9 Å². The average Bonchev–Trinajstić information content (AvgIpc) is 2.43. The number of nitrogens with zero attached hydrogens (tertiary/aromatic N) is 2. The molecule has 0 amide bonds. The van der Waals surface area contributed by atoms with Crippen molar-refractivity contribution in [2.45, 2.75) is 13.0 Å². The Morgan fingerprint density at radius 3 is 2.86 bits per heavy atom. The molecule has 0 bridgehead atoms. The van der Waals surface area contributed by atoms with Gasteiger partial charge in [0.1, 0.15) is 4.60 Å². The minimum absolute atomic E-state index is 0.0144. The molecule has 0 saturated carbocycles. The summed E-state index contributed by atoms with van der Waals surface area (Å²) in [6, 6.07) is 6.08. The molecule has 0 saturated heterocycles. The maximum Gasteiger partial charge on any atom is 0.111 e. The third kappa shape index (κ3) is 1.35. The number of hydrogen-bond acceptors (Lipinski definition) is 2. The molecule has 0 spiro atoms. The predicted molar refractivity (Wildman–Crippen MR) is 61.0 cm³/mol. The quantitative estimate of drug-likeness (QED) is 0.848. The van der Waals surface area contributed by atoms with E-state index in [4.69, 9.17) is 5.73 Å². The number of halogens is 1. The fraction of sp³-hybridized carbons (Fsp3) is 0.300. The molecule has 0 radical (unpaired) electrons. The highest BCUT2D eigenvalue weighted by atomic mass is 79.9. The Morgan fingerprint density at radius 2 is 2.21 bits per heavy atom. The molecule has 0 aliphatic rings. The molecule has 2 rings (SSSR count). The number of nitrogens with two attached hydrogens (primary N) is 1. The number of rotatable bonds is 1. The van der Waals surface area contributed by atoms with E-state index in [1.165, 1.54) is 0 Å². The topological polar surface area (TPSA) is 43.8 Å². The number of fused-ring (bicyclic) bond motifs is 1. The Hall–Kier alpha value is -0.870. The summed E-state index contributed by atoms with van der Waals surface area (Å²) in [6.45, 7) is 1.97. The third-order valence-corrected chi connectivity index (χ3v) is 3.25. The van der Waals surface area contributed by atoms with E-state index in [9.17, 15) is 0 Å². The summed E-state index contributed by atoms with van der Waals surface area (Å²) < 4.78 is 2.81. The molecule has 3 nitrogen and oxygen atoms in total. The van der Waals surface area contributed by atoms with Crippen LogP contribution in [-0.4, -0.2) is 9.78 Å². The van der Waals surface area contributed by atoms with E-state index in [0.29, 0.717) is 0 Å². The first-order chi connectivity index (χ1) is 6.61. The van der Waals surface area contributed by atoms with Crippen molar-refractivity contribution in [3.8, 4) is 0 Å². The molecule has 1 aromatic carbocycles. The van der Waals surface area contributed by atoms with E-state index >= 15 is 0 Å². The average molecular weight is 254 g/mol. The first-order valence-electron chi connectivity index (χ1n) is 4.48. The summed E-state index contributed by atoms with van der Waals surface area (Å²) in [5.74, 6) is 0. The zero-order valence-electron chi connectivity index (χ0n) is 8.16. The van der Waals surface area contributed by atoms with Gasteiger partial charge < -0.3 is 5.73 Å². The van der Waals surface area contributed by atoms with Crippen molar-refractivity contribution in [3.05, 3.63) is 28.4 Å². The first-order valence-corrected chi connectivity index (χ1v) is 5.27.